The second kappa shape index (κ2) is 12.0. The number of hydrogen-bond donors (Lipinski definition) is 1. The summed E-state index contributed by atoms with van der Waals surface area (Å²) in [5.74, 6) is 0.328. The summed E-state index contributed by atoms with van der Waals surface area (Å²) in [6.07, 6.45) is 0.0210. The highest BCUT2D eigenvalue weighted by Crippen LogP contribution is 2.25. The van der Waals surface area contributed by atoms with E-state index in [1.54, 1.807) is 37.3 Å². The van der Waals surface area contributed by atoms with Gasteiger partial charge in [-0.05, 0) is 93.4 Å². The highest BCUT2D eigenvalue weighted by molar-refractivity contribution is 6.30. The van der Waals surface area contributed by atoms with Crippen molar-refractivity contribution < 1.29 is 14.3 Å². The number of ether oxygens (including phenoxy) is 2. The van der Waals surface area contributed by atoms with Crippen LogP contribution < -0.4 is 21.4 Å². The van der Waals surface area contributed by atoms with E-state index < -0.39 is 17.3 Å². The SMILES string of the molecule is CCOC(=O)c1ccc(-n2c(=O)nc(Nc3ccc(OC(C)C)c(C)c3)n(Cc3ccc(Cl)cc3)c2=O)cc1. The molecule has 0 atom stereocenters. The highest BCUT2D eigenvalue weighted by atomic mass is 35.5. The molecule has 1 heterocycles. The quantitative estimate of drug-likeness (QED) is 0.290. The highest BCUT2D eigenvalue weighted by Gasteiger charge is 2.17. The van der Waals surface area contributed by atoms with Crippen LogP contribution in [-0.4, -0.2) is 32.8 Å². The number of aryl methyl sites for hydroxylation is 1. The fraction of sp³-hybridized carbons (Fsp3) is 0.241. The predicted octanol–water partition coefficient (Wildman–Crippen LogP) is 5.11. The number of anilines is 2. The zero-order valence-electron chi connectivity index (χ0n) is 22.1. The van der Waals surface area contributed by atoms with Crippen molar-refractivity contribution in [1.82, 2.24) is 14.1 Å². The Balaban J connectivity index is 1.78. The van der Waals surface area contributed by atoms with Gasteiger partial charge in [0.2, 0.25) is 5.95 Å². The van der Waals surface area contributed by atoms with Crippen LogP contribution in [0.1, 0.15) is 42.3 Å². The smallest absolute Gasteiger partial charge is 0.359 e. The van der Waals surface area contributed by atoms with E-state index >= 15 is 0 Å². The van der Waals surface area contributed by atoms with E-state index in [0.717, 1.165) is 21.4 Å². The zero-order chi connectivity index (χ0) is 28.1. The van der Waals surface area contributed by atoms with Gasteiger partial charge in [-0.2, -0.15) is 4.98 Å². The van der Waals surface area contributed by atoms with E-state index in [1.165, 1.54) is 28.8 Å². The number of carbonyl (C=O) groups excluding carboxylic acids is 1. The largest absolute Gasteiger partial charge is 0.491 e. The Labute approximate surface area is 230 Å². The molecule has 1 aromatic heterocycles. The number of rotatable bonds is 9. The number of carbonyl (C=O) groups is 1. The van der Waals surface area contributed by atoms with Crippen LogP contribution in [0.5, 0.6) is 5.75 Å². The lowest BCUT2D eigenvalue weighted by molar-refractivity contribution is 0.0526. The van der Waals surface area contributed by atoms with E-state index in [9.17, 15) is 14.4 Å². The van der Waals surface area contributed by atoms with E-state index in [0.29, 0.717) is 16.3 Å². The molecular weight excluding hydrogens is 520 g/mol. The molecule has 3 aromatic carbocycles. The molecule has 0 bridgehead atoms. The molecule has 0 amide bonds. The maximum Gasteiger partial charge on any atom is 0.359 e. The standard InChI is InChI=1S/C29H29ClN4O5/c1-5-38-26(35)21-8-13-24(14-9-21)34-28(36)32-27(31-23-12-15-25(19(4)16-23)39-18(2)3)33(29(34)37)17-20-6-10-22(30)11-7-20/h6-16,18H,5,17H2,1-4H3,(H,31,32,36). The molecule has 0 aliphatic heterocycles. The number of hydrogen-bond acceptors (Lipinski definition) is 7. The Morgan fingerprint density at radius 1 is 1.03 bits per heavy atom. The molecule has 9 nitrogen and oxygen atoms in total. The molecule has 202 valence electrons. The van der Waals surface area contributed by atoms with E-state index in [4.69, 9.17) is 21.1 Å². The molecule has 0 spiro atoms. The number of esters is 1. The van der Waals surface area contributed by atoms with Gasteiger partial charge in [0.05, 0.1) is 30.5 Å². The third kappa shape index (κ3) is 6.56. The molecule has 4 aromatic rings. The van der Waals surface area contributed by atoms with Crippen LogP contribution in [0.3, 0.4) is 0 Å². The van der Waals surface area contributed by atoms with Crippen LogP contribution in [0, 0.1) is 6.92 Å². The molecule has 39 heavy (non-hydrogen) atoms. The van der Waals surface area contributed by atoms with Crippen LogP contribution in [0.15, 0.2) is 76.3 Å². The number of benzene rings is 3. The summed E-state index contributed by atoms with van der Waals surface area (Å²) in [6.45, 7) is 7.88. The van der Waals surface area contributed by atoms with Gasteiger partial charge >= 0.3 is 17.3 Å². The van der Waals surface area contributed by atoms with Crippen molar-refractivity contribution in [3.63, 3.8) is 0 Å². The third-order valence-electron chi connectivity index (χ3n) is 5.76. The first-order valence-electron chi connectivity index (χ1n) is 12.5. The maximum absolute atomic E-state index is 13.7. The maximum atomic E-state index is 13.7. The summed E-state index contributed by atoms with van der Waals surface area (Å²) < 4.78 is 13.2. The fourth-order valence-electron chi connectivity index (χ4n) is 3.93. The average molecular weight is 549 g/mol. The number of aromatic nitrogens is 3. The Hall–Kier alpha value is -4.37. The zero-order valence-corrected chi connectivity index (χ0v) is 22.9. The van der Waals surface area contributed by atoms with Crippen LogP contribution in [0.2, 0.25) is 5.02 Å². The molecule has 0 fully saturated rings. The van der Waals surface area contributed by atoms with E-state index in [2.05, 4.69) is 10.3 Å². The second-order valence-corrected chi connectivity index (χ2v) is 9.52. The predicted molar refractivity (Wildman–Crippen MR) is 151 cm³/mol. The fourth-order valence-corrected chi connectivity index (χ4v) is 4.05. The molecular formula is C29H29ClN4O5. The van der Waals surface area contributed by atoms with Crippen molar-refractivity contribution >= 4 is 29.2 Å². The lowest BCUT2D eigenvalue weighted by Crippen LogP contribution is -2.41. The molecule has 0 radical (unpaired) electrons. The lowest BCUT2D eigenvalue weighted by Gasteiger charge is -2.17. The molecule has 0 aliphatic rings. The topological polar surface area (TPSA) is 104 Å². The van der Waals surface area contributed by atoms with Crippen LogP contribution in [0.25, 0.3) is 5.69 Å². The Kier molecular flexibility index (Phi) is 8.51. The Bertz CT molecular complexity index is 1590. The van der Waals surface area contributed by atoms with Gasteiger partial charge in [-0.15, -0.1) is 0 Å². The molecule has 1 N–H and O–H groups in total. The van der Waals surface area contributed by atoms with Gasteiger partial charge in [0, 0.05) is 10.7 Å². The van der Waals surface area contributed by atoms with Crippen LogP contribution >= 0.6 is 11.6 Å². The molecule has 0 aliphatic carbocycles. The first-order chi connectivity index (χ1) is 18.7. The van der Waals surface area contributed by atoms with Crippen molar-refractivity contribution in [2.24, 2.45) is 0 Å². The van der Waals surface area contributed by atoms with E-state index in [1.807, 2.05) is 32.9 Å². The summed E-state index contributed by atoms with van der Waals surface area (Å²) in [5.41, 5.74) is 1.51. The second-order valence-electron chi connectivity index (χ2n) is 9.09. The monoisotopic (exact) mass is 548 g/mol. The lowest BCUT2D eigenvalue weighted by atomic mass is 10.2. The number of halogens is 1. The van der Waals surface area contributed by atoms with Gasteiger partial charge in [0.1, 0.15) is 5.75 Å². The Morgan fingerprint density at radius 2 is 1.72 bits per heavy atom. The summed E-state index contributed by atoms with van der Waals surface area (Å²) >= 11 is 6.04. The minimum absolute atomic E-state index is 0.0210. The summed E-state index contributed by atoms with van der Waals surface area (Å²) in [6, 6.07) is 18.5. The van der Waals surface area contributed by atoms with Crippen molar-refractivity contribution in [3.05, 3.63) is 109 Å². The first kappa shape index (κ1) is 27.7. The van der Waals surface area contributed by atoms with Crippen molar-refractivity contribution in [2.75, 3.05) is 11.9 Å². The van der Waals surface area contributed by atoms with Gasteiger partial charge in [0.15, 0.2) is 0 Å². The van der Waals surface area contributed by atoms with Gasteiger partial charge in [-0.1, -0.05) is 23.7 Å². The van der Waals surface area contributed by atoms with Crippen molar-refractivity contribution in [2.45, 2.75) is 40.3 Å². The van der Waals surface area contributed by atoms with Crippen LogP contribution in [-0.2, 0) is 11.3 Å². The van der Waals surface area contributed by atoms with Crippen molar-refractivity contribution in [3.8, 4) is 11.4 Å². The average Bonchev–Trinajstić information content (AvgIpc) is 2.89. The van der Waals surface area contributed by atoms with E-state index in [-0.39, 0.29) is 30.9 Å². The van der Waals surface area contributed by atoms with Gasteiger partial charge < -0.3 is 14.8 Å². The van der Waals surface area contributed by atoms with Gasteiger partial charge in [-0.25, -0.2) is 19.0 Å². The normalized spacial score (nSPS) is 10.9. The third-order valence-corrected chi connectivity index (χ3v) is 6.01. The number of nitrogens with one attached hydrogen (secondary N) is 1. The first-order valence-corrected chi connectivity index (χ1v) is 12.8. The van der Waals surface area contributed by atoms with Crippen LogP contribution in [0.4, 0.5) is 11.6 Å². The Morgan fingerprint density at radius 3 is 2.33 bits per heavy atom. The molecule has 0 saturated carbocycles. The minimum Gasteiger partial charge on any atom is -0.491 e. The minimum atomic E-state index is -0.768. The summed E-state index contributed by atoms with van der Waals surface area (Å²) in [7, 11) is 0. The molecule has 0 unspecified atom stereocenters. The van der Waals surface area contributed by atoms with Crippen molar-refractivity contribution in [1.29, 1.82) is 0 Å². The summed E-state index contributed by atoms with van der Waals surface area (Å²) in [4.78, 5) is 43.1. The number of nitrogens with zero attached hydrogens (tertiary/aromatic N) is 3. The summed E-state index contributed by atoms with van der Waals surface area (Å²) in [5, 5.41) is 3.68. The van der Waals surface area contributed by atoms with Gasteiger partial charge in [0.25, 0.3) is 0 Å². The molecule has 4 rings (SSSR count). The van der Waals surface area contributed by atoms with Gasteiger partial charge in [-0.3, -0.25) is 4.57 Å². The molecule has 0 saturated heterocycles. The molecule has 10 heteroatoms.